The molecule has 0 unspecified atom stereocenters. The fraction of sp³-hybridized carbons (Fsp3) is 0.800. The summed E-state index contributed by atoms with van der Waals surface area (Å²) in [6.45, 7) is -0.309. The second kappa shape index (κ2) is 5.26. The van der Waals surface area contributed by atoms with E-state index in [2.05, 4.69) is 8.92 Å². The minimum absolute atomic E-state index is 0.181. The molecule has 0 aliphatic heterocycles. The van der Waals surface area contributed by atoms with Gasteiger partial charge in [-0.3, -0.25) is 4.79 Å². The van der Waals surface area contributed by atoms with Crippen molar-refractivity contribution >= 4 is 18.0 Å². The molecule has 12 heavy (non-hydrogen) atoms. The summed E-state index contributed by atoms with van der Waals surface area (Å²) in [7, 11) is 1.15. The quantitative estimate of drug-likeness (QED) is 0.397. The van der Waals surface area contributed by atoms with E-state index in [0.29, 0.717) is 0 Å². The molecule has 0 heterocycles. The molecule has 0 aromatic carbocycles. The zero-order valence-electron chi connectivity index (χ0n) is 6.18. The first kappa shape index (κ1) is 11.6. The number of hydrogen-bond acceptors (Lipinski definition) is 4. The molecule has 0 radical (unpaired) electrons. The molecule has 0 aliphatic rings. The van der Waals surface area contributed by atoms with Crippen molar-refractivity contribution in [1.29, 1.82) is 0 Å². The Labute approximate surface area is 71.4 Å². The topological polar surface area (TPSA) is 35.5 Å². The first-order chi connectivity index (χ1) is 5.45. The van der Waals surface area contributed by atoms with E-state index in [4.69, 9.17) is 0 Å². The van der Waals surface area contributed by atoms with Gasteiger partial charge in [-0.05, 0) is 0 Å². The van der Waals surface area contributed by atoms with Crippen LogP contribution in [-0.2, 0) is 13.7 Å². The number of ether oxygens (including phenoxy) is 1. The lowest BCUT2D eigenvalue weighted by atomic mass is 10.5. The summed E-state index contributed by atoms with van der Waals surface area (Å²) >= 11 is -0.622. The number of hydrogen-bond donors (Lipinski definition) is 0. The summed E-state index contributed by atoms with van der Waals surface area (Å²) < 4.78 is 42.4. The zero-order chi connectivity index (χ0) is 9.61. The van der Waals surface area contributed by atoms with Gasteiger partial charge < -0.3 is 8.92 Å². The third kappa shape index (κ3) is 7.67. The Kier molecular flexibility index (Phi) is 5.07. The van der Waals surface area contributed by atoms with Crippen LogP contribution < -0.4 is 0 Å². The highest BCUT2D eigenvalue weighted by atomic mass is 32.2. The lowest BCUT2D eigenvalue weighted by Crippen LogP contribution is -2.06. The number of esters is 1. The summed E-state index contributed by atoms with van der Waals surface area (Å²) in [6, 6.07) is 0. The zero-order valence-corrected chi connectivity index (χ0v) is 7.00. The normalized spacial score (nSPS) is 11.3. The number of halogens is 3. The van der Waals surface area contributed by atoms with E-state index >= 15 is 0 Å². The highest BCUT2D eigenvalue weighted by Gasteiger charge is 2.29. The van der Waals surface area contributed by atoms with Crippen molar-refractivity contribution in [2.75, 3.05) is 13.7 Å². The van der Waals surface area contributed by atoms with Crippen LogP contribution in [0, 0.1) is 0 Å². The predicted octanol–water partition coefficient (Wildman–Crippen LogP) is 1.73. The molecule has 0 bridgehead atoms. The molecule has 0 aromatic rings. The Morgan fingerprint density at radius 3 is 2.50 bits per heavy atom. The first-order valence-electron chi connectivity index (χ1n) is 2.90. The van der Waals surface area contributed by atoms with Gasteiger partial charge in [0.05, 0.1) is 20.1 Å². The third-order valence-corrected chi connectivity index (χ3v) is 1.24. The van der Waals surface area contributed by atoms with Gasteiger partial charge in [-0.2, -0.15) is 13.2 Å². The molecule has 0 amide bonds. The maximum Gasteiger partial charge on any atom is 0.467 e. The Morgan fingerprint density at radius 2 is 2.08 bits per heavy atom. The fourth-order valence-electron chi connectivity index (χ4n) is 0.336. The second-order valence-electron chi connectivity index (χ2n) is 1.68. The minimum atomic E-state index is -4.42. The molecule has 0 N–H and O–H groups in total. The SMILES string of the molecule is COC(=O)CCOSC(F)(F)F. The van der Waals surface area contributed by atoms with Crippen LogP contribution in [0.2, 0.25) is 0 Å². The molecule has 0 fully saturated rings. The van der Waals surface area contributed by atoms with E-state index < -0.39 is 23.5 Å². The van der Waals surface area contributed by atoms with Crippen molar-refractivity contribution in [3.05, 3.63) is 0 Å². The largest absolute Gasteiger partial charge is 0.469 e. The van der Waals surface area contributed by atoms with Crippen molar-refractivity contribution in [3.63, 3.8) is 0 Å². The predicted molar refractivity (Wildman–Crippen MR) is 36.2 cm³/mol. The summed E-state index contributed by atoms with van der Waals surface area (Å²) in [6.07, 6.45) is -0.181. The van der Waals surface area contributed by atoms with E-state index in [1.165, 1.54) is 0 Å². The van der Waals surface area contributed by atoms with Crippen LogP contribution >= 0.6 is 12.0 Å². The first-order valence-corrected chi connectivity index (χ1v) is 3.64. The Bertz CT molecular complexity index is 147. The molecule has 0 atom stereocenters. The maximum atomic E-state index is 11.4. The lowest BCUT2D eigenvalue weighted by Gasteiger charge is -2.04. The van der Waals surface area contributed by atoms with Gasteiger partial charge in [0.2, 0.25) is 0 Å². The van der Waals surface area contributed by atoms with E-state index in [1.807, 2.05) is 0 Å². The smallest absolute Gasteiger partial charge is 0.467 e. The van der Waals surface area contributed by atoms with E-state index in [9.17, 15) is 18.0 Å². The van der Waals surface area contributed by atoms with Gasteiger partial charge >= 0.3 is 11.5 Å². The molecule has 0 spiro atoms. The van der Waals surface area contributed by atoms with Crippen molar-refractivity contribution in [2.24, 2.45) is 0 Å². The molecule has 0 aliphatic carbocycles. The van der Waals surface area contributed by atoms with Crippen LogP contribution in [-0.4, -0.2) is 25.2 Å². The summed E-state index contributed by atoms with van der Waals surface area (Å²) in [5.74, 6) is -0.599. The summed E-state index contributed by atoms with van der Waals surface area (Å²) in [5.41, 5.74) is -4.42. The van der Waals surface area contributed by atoms with Crippen LogP contribution in [0.3, 0.4) is 0 Å². The molecule has 7 heteroatoms. The van der Waals surface area contributed by atoms with Crippen LogP contribution in [0.1, 0.15) is 6.42 Å². The van der Waals surface area contributed by atoms with Gasteiger partial charge in [0.15, 0.2) is 0 Å². The van der Waals surface area contributed by atoms with Crippen molar-refractivity contribution in [3.8, 4) is 0 Å². The molecular weight excluding hydrogens is 197 g/mol. The molecule has 0 saturated heterocycles. The van der Waals surface area contributed by atoms with Gasteiger partial charge in [-0.25, -0.2) is 0 Å². The molecular formula is C5H7F3O3S. The Balaban J connectivity index is 3.28. The average Bonchev–Trinajstić information content (AvgIpc) is 1.96. The van der Waals surface area contributed by atoms with Gasteiger partial charge in [0, 0.05) is 0 Å². The monoisotopic (exact) mass is 204 g/mol. The molecule has 0 saturated carbocycles. The summed E-state index contributed by atoms with van der Waals surface area (Å²) in [4.78, 5) is 10.3. The number of carbonyl (C=O) groups is 1. The maximum absolute atomic E-state index is 11.4. The Morgan fingerprint density at radius 1 is 1.50 bits per heavy atom. The van der Waals surface area contributed by atoms with Crippen LogP contribution in [0.15, 0.2) is 0 Å². The van der Waals surface area contributed by atoms with Crippen molar-refractivity contribution in [2.45, 2.75) is 11.9 Å². The standard InChI is InChI=1S/C5H7F3O3S/c1-10-4(9)2-3-11-12-5(6,7)8/h2-3H2,1H3. The number of rotatable bonds is 4. The molecule has 72 valence electrons. The van der Waals surface area contributed by atoms with Gasteiger partial charge in [0.25, 0.3) is 0 Å². The average molecular weight is 204 g/mol. The number of methoxy groups -OCH3 is 1. The number of carbonyl (C=O) groups excluding carboxylic acids is 1. The van der Waals surface area contributed by atoms with E-state index in [0.717, 1.165) is 7.11 Å². The van der Waals surface area contributed by atoms with Gasteiger partial charge in [0.1, 0.15) is 12.0 Å². The highest BCUT2D eigenvalue weighted by molar-refractivity contribution is 7.95. The van der Waals surface area contributed by atoms with Gasteiger partial charge in [-0.1, -0.05) is 0 Å². The second-order valence-corrected chi connectivity index (χ2v) is 2.54. The third-order valence-electron chi connectivity index (χ3n) is 0.771. The number of alkyl halides is 3. The van der Waals surface area contributed by atoms with Crippen molar-refractivity contribution < 1.29 is 26.9 Å². The van der Waals surface area contributed by atoms with Crippen LogP contribution in [0.5, 0.6) is 0 Å². The summed E-state index contributed by atoms with van der Waals surface area (Å²) in [5, 5.41) is 0. The Hall–Kier alpha value is -0.430. The molecule has 0 rings (SSSR count). The minimum Gasteiger partial charge on any atom is -0.469 e. The van der Waals surface area contributed by atoms with E-state index in [-0.39, 0.29) is 13.0 Å². The van der Waals surface area contributed by atoms with Crippen LogP contribution in [0.4, 0.5) is 13.2 Å². The molecule has 0 aromatic heterocycles. The van der Waals surface area contributed by atoms with Crippen molar-refractivity contribution in [1.82, 2.24) is 0 Å². The van der Waals surface area contributed by atoms with Gasteiger partial charge in [-0.15, -0.1) is 0 Å². The lowest BCUT2D eigenvalue weighted by molar-refractivity contribution is -0.141. The van der Waals surface area contributed by atoms with Crippen LogP contribution in [0.25, 0.3) is 0 Å². The highest BCUT2D eigenvalue weighted by Crippen LogP contribution is 2.30. The fourth-order valence-corrected chi connectivity index (χ4v) is 0.636. The molecule has 3 nitrogen and oxygen atoms in total. The van der Waals surface area contributed by atoms with E-state index in [1.54, 1.807) is 0 Å².